The summed E-state index contributed by atoms with van der Waals surface area (Å²) in [4.78, 5) is 1.08. The zero-order chi connectivity index (χ0) is 32.5. The van der Waals surface area contributed by atoms with E-state index < -0.39 is 17.2 Å². The Bertz CT molecular complexity index is 1670. The Hall–Kier alpha value is -3.73. The van der Waals surface area contributed by atoms with Gasteiger partial charge >= 0.3 is 17.2 Å². The topological polar surface area (TPSA) is 55.4 Å². The molecule has 9 heteroatoms. The van der Waals surface area contributed by atoms with Crippen molar-refractivity contribution in [2.75, 3.05) is 6.26 Å². The van der Waals surface area contributed by atoms with E-state index in [1.54, 1.807) is 11.8 Å². The van der Waals surface area contributed by atoms with E-state index in [-0.39, 0.29) is 6.61 Å². The van der Waals surface area contributed by atoms with Gasteiger partial charge in [-0.1, -0.05) is 48.5 Å². The summed E-state index contributed by atoms with van der Waals surface area (Å²) in [5, 5.41) is 0. The normalized spacial score (nSPS) is 11.0. The van der Waals surface area contributed by atoms with Gasteiger partial charge in [-0.2, -0.15) is 0 Å². The minimum absolute atomic E-state index is 0.173. The Balaban J connectivity index is 1.44. The quantitative estimate of drug-likeness (QED) is 0.0859. The largest absolute Gasteiger partial charge is 0.530 e. The summed E-state index contributed by atoms with van der Waals surface area (Å²) in [6, 6.07) is 35.5. The van der Waals surface area contributed by atoms with Gasteiger partial charge < -0.3 is 22.6 Å². The van der Waals surface area contributed by atoms with Crippen LogP contribution in [0.4, 0.5) is 0 Å². The second-order valence-electron chi connectivity index (χ2n) is 10.9. The molecule has 238 valence electrons. The van der Waals surface area contributed by atoms with Crippen LogP contribution in [0, 0.1) is 34.6 Å². The van der Waals surface area contributed by atoms with Crippen LogP contribution in [0.3, 0.4) is 0 Å². The predicted molar refractivity (Wildman–Crippen MR) is 189 cm³/mol. The average molecular weight is 673 g/mol. The van der Waals surface area contributed by atoms with E-state index >= 15 is 0 Å². The minimum atomic E-state index is -1.89. The fourth-order valence-electron chi connectivity index (χ4n) is 4.52. The van der Waals surface area contributed by atoms with Crippen LogP contribution in [0.5, 0.6) is 28.7 Å². The number of thioether (sulfide) groups is 1. The van der Waals surface area contributed by atoms with E-state index in [1.165, 1.54) is 0 Å². The molecule has 0 heterocycles. The van der Waals surface area contributed by atoms with E-state index in [0.29, 0.717) is 28.7 Å². The Kier molecular flexibility index (Phi) is 11.8. The van der Waals surface area contributed by atoms with Crippen molar-refractivity contribution in [3.05, 3.63) is 143 Å². The fourth-order valence-corrected chi connectivity index (χ4v) is 7.13. The van der Waals surface area contributed by atoms with Gasteiger partial charge in [-0.05, 0) is 129 Å². The van der Waals surface area contributed by atoms with E-state index in [9.17, 15) is 0 Å². The van der Waals surface area contributed by atoms with Gasteiger partial charge in [0.2, 0.25) is 0 Å². The molecule has 0 saturated carbocycles. The monoisotopic (exact) mass is 672 g/mol. The third-order valence-corrected chi connectivity index (χ3v) is 9.55. The van der Waals surface area contributed by atoms with Gasteiger partial charge in [0, 0.05) is 10.5 Å². The van der Waals surface area contributed by atoms with E-state index in [0.717, 1.165) is 38.3 Å². The molecule has 0 fully saturated rings. The van der Waals surface area contributed by atoms with Crippen molar-refractivity contribution < 1.29 is 27.1 Å². The number of benzene rings is 5. The summed E-state index contributed by atoms with van der Waals surface area (Å²) in [5.74, 6) is 3.30. The van der Waals surface area contributed by atoms with Crippen LogP contribution < -0.4 is 22.6 Å². The van der Waals surface area contributed by atoms with Crippen molar-refractivity contribution >= 4 is 29.0 Å². The van der Waals surface area contributed by atoms with Gasteiger partial charge in [0.15, 0.2) is 0 Å². The van der Waals surface area contributed by atoms with Crippen molar-refractivity contribution in [1.82, 2.24) is 0 Å². The van der Waals surface area contributed by atoms with Gasteiger partial charge in [0.05, 0.1) is 6.61 Å². The lowest BCUT2D eigenvalue weighted by Crippen LogP contribution is -2.07. The summed E-state index contributed by atoms with van der Waals surface area (Å²) in [6.45, 7) is 10.3. The SMILES string of the molecule is CSc1cc(C)c(OP(Oc2cccc(C)c2)Oc2cccc(C)c2)c(COP(Oc2cccc(C)c2)Oc2cccc(C)c2)c1. The van der Waals surface area contributed by atoms with E-state index in [4.69, 9.17) is 27.1 Å². The van der Waals surface area contributed by atoms with Crippen LogP contribution in [0.1, 0.15) is 33.4 Å². The molecule has 0 atom stereocenters. The minimum Gasteiger partial charge on any atom is -0.418 e. The first-order chi connectivity index (χ1) is 22.2. The molecule has 0 bridgehead atoms. The second kappa shape index (κ2) is 16.2. The first-order valence-electron chi connectivity index (χ1n) is 14.8. The molecule has 0 unspecified atom stereocenters. The first kappa shape index (κ1) is 33.6. The smallest absolute Gasteiger partial charge is 0.418 e. The highest BCUT2D eigenvalue weighted by atomic mass is 32.2. The van der Waals surface area contributed by atoms with Gasteiger partial charge in [0.25, 0.3) is 0 Å². The number of hydrogen-bond donors (Lipinski definition) is 0. The van der Waals surface area contributed by atoms with Crippen LogP contribution in [0.2, 0.25) is 0 Å². The van der Waals surface area contributed by atoms with Gasteiger partial charge in [-0.3, -0.25) is 4.52 Å². The maximum Gasteiger partial charge on any atom is 0.530 e. The van der Waals surface area contributed by atoms with Crippen molar-refractivity contribution in [2.24, 2.45) is 0 Å². The number of rotatable bonds is 14. The summed E-state index contributed by atoms with van der Waals surface area (Å²) in [5.41, 5.74) is 6.07. The fraction of sp³-hybridized carbons (Fsp3) is 0.189. The zero-order valence-electron chi connectivity index (χ0n) is 26.9. The number of hydrogen-bond acceptors (Lipinski definition) is 7. The van der Waals surface area contributed by atoms with E-state index in [2.05, 4.69) is 12.1 Å². The molecule has 0 amide bonds. The lowest BCUT2D eigenvalue weighted by molar-refractivity contribution is 0.253. The van der Waals surface area contributed by atoms with Crippen LogP contribution in [-0.4, -0.2) is 6.26 Å². The molecule has 0 aliphatic carbocycles. The van der Waals surface area contributed by atoms with Crippen molar-refractivity contribution in [1.29, 1.82) is 0 Å². The van der Waals surface area contributed by atoms with Gasteiger partial charge in [0.1, 0.15) is 28.7 Å². The lowest BCUT2D eigenvalue weighted by Gasteiger charge is -2.22. The Labute approximate surface area is 279 Å². The van der Waals surface area contributed by atoms with Gasteiger partial charge in [-0.15, -0.1) is 11.8 Å². The van der Waals surface area contributed by atoms with Crippen LogP contribution in [-0.2, 0) is 11.1 Å². The highest BCUT2D eigenvalue weighted by Gasteiger charge is 2.25. The predicted octanol–water partition coefficient (Wildman–Crippen LogP) is 11.6. The van der Waals surface area contributed by atoms with Crippen LogP contribution in [0.15, 0.2) is 114 Å². The molecule has 0 saturated heterocycles. The summed E-state index contributed by atoms with van der Waals surface area (Å²) in [6.07, 6.45) is 2.04. The zero-order valence-corrected chi connectivity index (χ0v) is 29.5. The van der Waals surface area contributed by atoms with Gasteiger partial charge in [-0.25, -0.2) is 0 Å². The number of aryl methyl sites for hydroxylation is 5. The third kappa shape index (κ3) is 9.88. The molecule has 0 aliphatic rings. The maximum absolute atomic E-state index is 6.62. The third-order valence-electron chi connectivity index (χ3n) is 6.73. The maximum atomic E-state index is 6.62. The molecular formula is C37H38O6P2S. The summed E-state index contributed by atoms with van der Waals surface area (Å²) in [7, 11) is -3.72. The van der Waals surface area contributed by atoms with Crippen molar-refractivity contribution in [3.63, 3.8) is 0 Å². The molecule has 0 aliphatic heterocycles. The van der Waals surface area contributed by atoms with Crippen LogP contribution >= 0.6 is 29.0 Å². The highest BCUT2D eigenvalue weighted by molar-refractivity contribution is 7.98. The summed E-state index contributed by atoms with van der Waals surface area (Å²) >= 11 is 1.65. The Morgan fingerprint density at radius 2 is 0.913 bits per heavy atom. The molecule has 0 aromatic heterocycles. The molecule has 46 heavy (non-hydrogen) atoms. The molecule has 5 aromatic rings. The van der Waals surface area contributed by atoms with E-state index in [1.807, 2.05) is 138 Å². The van der Waals surface area contributed by atoms with Crippen molar-refractivity contribution in [3.8, 4) is 28.7 Å². The second-order valence-corrected chi connectivity index (χ2v) is 13.8. The molecule has 0 radical (unpaired) electrons. The first-order valence-corrected chi connectivity index (χ1v) is 18.2. The lowest BCUT2D eigenvalue weighted by atomic mass is 10.1. The standard InChI is InChI=1S/C37H38O6P2S/c1-26-11-7-15-32(19-26)39-44(40-33-16-8-12-27(2)20-33)38-25-31-24-36(46-6)23-30(5)37(31)43-45(41-34-17-9-13-28(3)21-34)42-35-18-10-14-29(4)22-35/h7-24H,25H2,1-6H3. The Morgan fingerprint density at radius 1 is 0.500 bits per heavy atom. The van der Waals surface area contributed by atoms with Crippen molar-refractivity contribution in [2.45, 2.75) is 46.1 Å². The summed E-state index contributed by atoms with van der Waals surface area (Å²) < 4.78 is 38.3. The average Bonchev–Trinajstić information content (AvgIpc) is 3.01. The molecule has 5 rings (SSSR count). The molecular weight excluding hydrogens is 634 g/mol. The molecule has 0 spiro atoms. The molecule has 5 aromatic carbocycles. The molecule has 0 N–H and O–H groups in total. The molecule has 6 nitrogen and oxygen atoms in total. The Morgan fingerprint density at radius 3 is 1.30 bits per heavy atom. The highest BCUT2D eigenvalue weighted by Crippen LogP contribution is 2.47. The van der Waals surface area contributed by atoms with Crippen LogP contribution in [0.25, 0.3) is 0 Å².